The SMILES string of the molecule is CC(C)CN(CCN)c1nccn2nc(C(C)(C)C)cc12. The molecule has 116 valence electrons. The highest BCUT2D eigenvalue weighted by molar-refractivity contribution is 5.69. The van der Waals surface area contributed by atoms with Crippen LogP contribution in [0.15, 0.2) is 18.5 Å². The molecule has 2 aromatic heterocycles. The zero-order chi connectivity index (χ0) is 15.6. The second-order valence-electron chi connectivity index (χ2n) is 6.99. The third-order valence-electron chi connectivity index (χ3n) is 3.42. The number of anilines is 1. The predicted molar refractivity (Wildman–Crippen MR) is 87.8 cm³/mol. The van der Waals surface area contributed by atoms with Crippen LogP contribution in [0.4, 0.5) is 5.82 Å². The van der Waals surface area contributed by atoms with Crippen molar-refractivity contribution in [2.24, 2.45) is 11.7 Å². The molecule has 0 aromatic carbocycles. The summed E-state index contributed by atoms with van der Waals surface area (Å²) in [5.74, 6) is 1.53. The summed E-state index contributed by atoms with van der Waals surface area (Å²) >= 11 is 0. The lowest BCUT2D eigenvalue weighted by molar-refractivity contribution is 0.562. The Balaban J connectivity index is 2.49. The van der Waals surface area contributed by atoms with Gasteiger partial charge in [-0.1, -0.05) is 34.6 Å². The Morgan fingerprint density at radius 2 is 2.05 bits per heavy atom. The van der Waals surface area contributed by atoms with Crippen LogP contribution in [0.25, 0.3) is 5.52 Å². The minimum atomic E-state index is 0.0278. The van der Waals surface area contributed by atoms with E-state index < -0.39 is 0 Å². The van der Waals surface area contributed by atoms with E-state index in [0.717, 1.165) is 30.1 Å². The van der Waals surface area contributed by atoms with Crippen LogP contribution >= 0.6 is 0 Å². The van der Waals surface area contributed by atoms with Crippen LogP contribution in [0.2, 0.25) is 0 Å². The standard InChI is InChI=1S/C16H27N5/c1-12(2)11-20(8-6-17)15-13-10-14(16(3,4)5)19-21(13)9-7-18-15/h7,9-10,12H,6,8,11,17H2,1-5H3. The summed E-state index contributed by atoms with van der Waals surface area (Å²) in [4.78, 5) is 6.84. The molecule has 0 unspecified atom stereocenters. The van der Waals surface area contributed by atoms with Crippen molar-refractivity contribution in [3.05, 3.63) is 24.2 Å². The second-order valence-corrected chi connectivity index (χ2v) is 6.99. The molecule has 5 heteroatoms. The maximum atomic E-state index is 5.77. The zero-order valence-electron chi connectivity index (χ0n) is 13.8. The summed E-state index contributed by atoms with van der Waals surface area (Å²) in [6.07, 6.45) is 3.72. The van der Waals surface area contributed by atoms with Gasteiger partial charge in [-0.05, 0) is 12.0 Å². The lowest BCUT2D eigenvalue weighted by atomic mass is 9.92. The van der Waals surface area contributed by atoms with Crippen LogP contribution in [0.5, 0.6) is 0 Å². The van der Waals surface area contributed by atoms with E-state index in [0.29, 0.717) is 12.5 Å². The molecule has 0 aliphatic carbocycles. The molecule has 2 aromatic rings. The molecule has 2 rings (SSSR count). The Morgan fingerprint density at radius 1 is 1.33 bits per heavy atom. The molecule has 2 heterocycles. The summed E-state index contributed by atoms with van der Waals surface area (Å²) in [6.45, 7) is 13.3. The molecular formula is C16H27N5. The van der Waals surface area contributed by atoms with E-state index in [1.807, 2.05) is 16.9 Å². The van der Waals surface area contributed by atoms with Crippen LogP contribution in [-0.2, 0) is 5.41 Å². The van der Waals surface area contributed by atoms with Gasteiger partial charge in [0.1, 0.15) is 5.52 Å². The van der Waals surface area contributed by atoms with Crippen LogP contribution in [0, 0.1) is 5.92 Å². The van der Waals surface area contributed by atoms with Crippen LogP contribution in [0.3, 0.4) is 0 Å². The number of hydrogen-bond acceptors (Lipinski definition) is 4. The number of hydrogen-bond donors (Lipinski definition) is 1. The van der Waals surface area contributed by atoms with E-state index in [9.17, 15) is 0 Å². The monoisotopic (exact) mass is 289 g/mol. The summed E-state index contributed by atoms with van der Waals surface area (Å²) in [5.41, 5.74) is 7.93. The normalized spacial score (nSPS) is 12.3. The van der Waals surface area contributed by atoms with Crippen molar-refractivity contribution in [2.45, 2.75) is 40.0 Å². The highest BCUT2D eigenvalue weighted by Crippen LogP contribution is 2.26. The summed E-state index contributed by atoms with van der Waals surface area (Å²) in [5, 5.41) is 4.69. The van der Waals surface area contributed by atoms with E-state index >= 15 is 0 Å². The van der Waals surface area contributed by atoms with E-state index in [1.54, 1.807) is 0 Å². The molecule has 0 atom stereocenters. The molecule has 21 heavy (non-hydrogen) atoms. The maximum absolute atomic E-state index is 5.77. The molecule has 0 fully saturated rings. The van der Waals surface area contributed by atoms with Gasteiger partial charge in [0.2, 0.25) is 0 Å². The third-order valence-corrected chi connectivity index (χ3v) is 3.42. The minimum Gasteiger partial charge on any atom is -0.353 e. The van der Waals surface area contributed by atoms with Crippen molar-refractivity contribution in [3.8, 4) is 0 Å². The minimum absolute atomic E-state index is 0.0278. The van der Waals surface area contributed by atoms with Crippen molar-refractivity contribution in [3.63, 3.8) is 0 Å². The first-order chi connectivity index (χ1) is 9.82. The van der Waals surface area contributed by atoms with E-state index in [4.69, 9.17) is 5.73 Å². The summed E-state index contributed by atoms with van der Waals surface area (Å²) < 4.78 is 1.92. The smallest absolute Gasteiger partial charge is 0.154 e. The van der Waals surface area contributed by atoms with Gasteiger partial charge in [-0.25, -0.2) is 9.50 Å². The topological polar surface area (TPSA) is 59.5 Å². The van der Waals surface area contributed by atoms with Gasteiger partial charge >= 0.3 is 0 Å². The van der Waals surface area contributed by atoms with Crippen molar-refractivity contribution >= 4 is 11.3 Å². The fourth-order valence-corrected chi connectivity index (χ4v) is 2.40. The quantitative estimate of drug-likeness (QED) is 0.918. The number of nitrogens with two attached hydrogens (primary N) is 1. The molecule has 2 N–H and O–H groups in total. The molecule has 0 bridgehead atoms. The Morgan fingerprint density at radius 3 is 2.62 bits per heavy atom. The average Bonchev–Trinajstić information content (AvgIpc) is 2.81. The number of nitrogens with zero attached hydrogens (tertiary/aromatic N) is 4. The van der Waals surface area contributed by atoms with Gasteiger partial charge in [0.15, 0.2) is 5.82 Å². The molecule has 0 aliphatic rings. The predicted octanol–water partition coefficient (Wildman–Crippen LogP) is 2.45. The Bertz CT molecular complexity index is 594. The molecule has 0 radical (unpaired) electrons. The van der Waals surface area contributed by atoms with Crippen molar-refractivity contribution in [1.29, 1.82) is 0 Å². The molecular weight excluding hydrogens is 262 g/mol. The Labute approximate surface area is 127 Å². The lowest BCUT2D eigenvalue weighted by Crippen LogP contribution is -2.33. The van der Waals surface area contributed by atoms with Gasteiger partial charge in [-0.2, -0.15) is 5.10 Å². The average molecular weight is 289 g/mol. The first-order valence-corrected chi connectivity index (χ1v) is 7.63. The van der Waals surface area contributed by atoms with Gasteiger partial charge in [0.05, 0.1) is 5.69 Å². The van der Waals surface area contributed by atoms with Gasteiger partial charge in [-0.15, -0.1) is 0 Å². The van der Waals surface area contributed by atoms with Crippen molar-refractivity contribution in [1.82, 2.24) is 14.6 Å². The highest BCUT2D eigenvalue weighted by atomic mass is 15.3. The first kappa shape index (κ1) is 15.8. The number of aromatic nitrogens is 3. The van der Waals surface area contributed by atoms with E-state index in [-0.39, 0.29) is 5.41 Å². The second kappa shape index (κ2) is 6.02. The first-order valence-electron chi connectivity index (χ1n) is 7.63. The molecule has 0 spiro atoms. The molecule has 0 aliphatic heterocycles. The van der Waals surface area contributed by atoms with E-state index in [1.165, 1.54) is 0 Å². The number of fused-ring (bicyclic) bond motifs is 1. The summed E-state index contributed by atoms with van der Waals surface area (Å²) in [7, 11) is 0. The Kier molecular flexibility index (Phi) is 4.52. The van der Waals surface area contributed by atoms with Crippen LogP contribution < -0.4 is 10.6 Å². The van der Waals surface area contributed by atoms with Gasteiger partial charge < -0.3 is 10.6 Å². The number of rotatable bonds is 5. The molecule has 5 nitrogen and oxygen atoms in total. The van der Waals surface area contributed by atoms with Crippen LogP contribution in [0.1, 0.15) is 40.3 Å². The lowest BCUT2D eigenvalue weighted by Gasteiger charge is -2.25. The maximum Gasteiger partial charge on any atom is 0.154 e. The van der Waals surface area contributed by atoms with E-state index in [2.05, 4.69) is 55.7 Å². The van der Waals surface area contributed by atoms with Crippen molar-refractivity contribution < 1.29 is 0 Å². The Hall–Kier alpha value is -1.62. The largest absolute Gasteiger partial charge is 0.353 e. The van der Waals surface area contributed by atoms with Crippen molar-refractivity contribution in [2.75, 3.05) is 24.5 Å². The fourth-order valence-electron chi connectivity index (χ4n) is 2.40. The van der Waals surface area contributed by atoms with Gasteiger partial charge in [-0.3, -0.25) is 0 Å². The molecule has 0 amide bonds. The highest BCUT2D eigenvalue weighted by Gasteiger charge is 2.20. The third kappa shape index (κ3) is 3.53. The van der Waals surface area contributed by atoms with Gasteiger partial charge in [0.25, 0.3) is 0 Å². The van der Waals surface area contributed by atoms with Gasteiger partial charge in [0, 0.05) is 37.4 Å². The molecule has 0 saturated heterocycles. The zero-order valence-corrected chi connectivity index (χ0v) is 13.8. The fraction of sp³-hybridized carbons (Fsp3) is 0.625. The summed E-state index contributed by atoms with van der Waals surface area (Å²) in [6, 6.07) is 2.15. The molecule has 0 saturated carbocycles. The van der Waals surface area contributed by atoms with Crippen LogP contribution in [-0.4, -0.2) is 34.2 Å².